The number of carbonyl (C=O) groups is 2. The van der Waals surface area contributed by atoms with Gasteiger partial charge in [-0.1, -0.05) is 30.3 Å². The number of nitrogens with zero attached hydrogens (tertiary/aromatic N) is 1. The maximum atomic E-state index is 13.4. The molecule has 7 heteroatoms. The number of aliphatic hydroxyl groups is 1. The largest absolute Gasteiger partial charge is 0.507 e. The normalized spacial score (nSPS) is 16.8. The Morgan fingerprint density at radius 3 is 2.22 bits per heavy atom. The number of rotatable bonds is 9. The van der Waals surface area contributed by atoms with Crippen molar-refractivity contribution in [3.8, 4) is 17.2 Å². The van der Waals surface area contributed by atoms with Crippen molar-refractivity contribution in [2.75, 3.05) is 13.7 Å². The zero-order chi connectivity index (χ0) is 26.5. The Labute approximate surface area is 216 Å². The molecule has 1 fully saturated rings. The molecule has 1 atom stereocenters. The number of hydrogen-bond donors (Lipinski definition) is 1. The summed E-state index contributed by atoms with van der Waals surface area (Å²) >= 11 is 0. The summed E-state index contributed by atoms with van der Waals surface area (Å²) in [5, 5.41) is 11.3. The molecular weight excluding hydrogens is 470 g/mol. The predicted octanol–water partition coefficient (Wildman–Crippen LogP) is 5.50. The summed E-state index contributed by atoms with van der Waals surface area (Å²) in [5.74, 6) is 0.256. The van der Waals surface area contributed by atoms with Gasteiger partial charge in [0.1, 0.15) is 23.0 Å². The van der Waals surface area contributed by atoms with Crippen molar-refractivity contribution < 1.29 is 28.9 Å². The van der Waals surface area contributed by atoms with Gasteiger partial charge in [0.25, 0.3) is 11.7 Å². The van der Waals surface area contributed by atoms with E-state index in [1.54, 1.807) is 49.6 Å². The maximum absolute atomic E-state index is 13.4. The molecule has 1 amide bonds. The Morgan fingerprint density at radius 2 is 1.59 bits per heavy atom. The number of para-hydroxylation sites is 1. The lowest BCUT2D eigenvalue weighted by Gasteiger charge is -2.26. The van der Waals surface area contributed by atoms with Crippen LogP contribution in [-0.2, 0) is 16.1 Å². The molecule has 1 N–H and O–H groups in total. The zero-order valence-corrected chi connectivity index (χ0v) is 21.4. The van der Waals surface area contributed by atoms with Gasteiger partial charge in [0.05, 0.1) is 38.0 Å². The van der Waals surface area contributed by atoms with Gasteiger partial charge in [0, 0.05) is 11.1 Å². The van der Waals surface area contributed by atoms with E-state index in [2.05, 4.69) is 0 Å². The fourth-order valence-corrected chi connectivity index (χ4v) is 4.44. The Bertz CT molecular complexity index is 1290. The van der Waals surface area contributed by atoms with Crippen LogP contribution < -0.4 is 14.2 Å². The van der Waals surface area contributed by atoms with Gasteiger partial charge >= 0.3 is 0 Å². The number of benzene rings is 3. The minimum absolute atomic E-state index is 0.000547. The fraction of sp³-hybridized carbons (Fsp3) is 0.267. The highest BCUT2D eigenvalue weighted by molar-refractivity contribution is 6.46. The van der Waals surface area contributed by atoms with Crippen LogP contribution in [0.3, 0.4) is 0 Å². The first-order valence-electron chi connectivity index (χ1n) is 12.2. The number of aliphatic hydroxyl groups excluding tert-OH is 1. The minimum atomic E-state index is -0.799. The topological polar surface area (TPSA) is 85.3 Å². The van der Waals surface area contributed by atoms with E-state index in [1.807, 2.05) is 51.1 Å². The van der Waals surface area contributed by atoms with Crippen LogP contribution in [0.2, 0.25) is 0 Å². The molecule has 0 aliphatic carbocycles. The molecular formula is C30H31NO6. The molecule has 1 aliphatic heterocycles. The molecule has 3 aromatic carbocycles. The van der Waals surface area contributed by atoms with E-state index in [4.69, 9.17) is 14.2 Å². The molecule has 0 radical (unpaired) electrons. The van der Waals surface area contributed by atoms with Gasteiger partial charge in [0.15, 0.2) is 0 Å². The monoisotopic (exact) mass is 501 g/mol. The molecule has 3 aromatic rings. The summed E-state index contributed by atoms with van der Waals surface area (Å²) in [6.45, 7) is 6.39. The third kappa shape index (κ3) is 5.45. The van der Waals surface area contributed by atoms with Crippen molar-refractivity contribution in [1.29, 1.82) is 0 Å². The van der Waals surface area contributed by atoms with Crippen molar-refractivity contribution in [1.82, 2.24) is 4.90 Å². The highest BCUT2D eigenvalue weighted by atomic mass is 16.5. The molecule has 1 saturated heterocycles. The molecule has 7 nitrogen and oxygen atoms in total. The number of ether oxygens (including phenoxy) is 3. The Morgan fingerprint density at radius 1 is 0.946 bits per heavy atom. The van der Waals surface area contributed by atoms with Gasteiger partial charge in [-0.05, 0) is 68.8 Å². The maximum Gasteiger partial charge on any atom is 0.295 e. The van der Waals surface area contributed by atoms with Gasteiger partial charge in [-0.25, -0.2) is 0 Å². The Hall–Kier alpha value is -4.26. The molecule has 1 aliphatic rings. The molecule has 37 heavy (non-hydrogen) atoms. The average Bonchev–Trinajstić information content (AvgIpc) is 3.14. The summed E-state index contributed by atoms with van der Waals surface area (Å²) in [7, 11) is 1.56. The van der Waals surface area contributed by atoms with Crippen LogP contribution in [0.15, 0.2) is 78.4 Å². The Kier molecular flexibility index (Phi) is 7.82. The highest BCUT2D eigenvalue weighted by Crippen LogP contribution is 2.41. The van der Waals surface area contributed by atoms with Gasteiger partial charge in [-0.15, -0.1) is 0 Å². The number of ketones is 1. The number of Topliss-reactive ketones (excluding diaryl/α,β-unsaturated/α-hetero) is 1. The van der Waals surface area contributed by atoms with Crippen LogP contribution in [-0.4, -0.2) is 41.5 Å². The van der Waals surface area contributed by atoms with Gasteiger partial charge in [-0.3, -0.25) is 9.59 Å². The number of methoxy groups -OCH3 is 1. The molecule has 0 spiro atoms. The molecule has 0 aromatic heterocycles. The first-order valence-corrected chi connectivity index (χ1v) is 12.2. The second kappa shape index (κ2) is 11.2. The van der Waals surface area contributed by atoms with E-state index in [0.717, 1.165) is 5.56 Å². The smallest absolute Gasteiger partial charge is 0.295 e. The minimum Gasteiger partial charge on any atom is -0.507 e. The molecule has 1 unspecified atom stereocenters. The summed E-state index contributed by atoms with van der Waals surface area (Å²) in [5.41, 5.74) is 1.88. The molecule has 0 saturated carbocycles. The van der Waals surface area contributed by atoms with E-state index in [1.165, 1.54) is 4.90 Å². The molecule has 192 valence electrons. The lowest BCUT2D eigenvalue weighted by atomic mass is 9.95. The lowest BCUT2D eigenvalue weighted by Crippen LogP contribution is -2.29. The van der Waals surface area contributed by atoms with Crippen molar-refractivity contribution in [2.45, 2.75) is 39.5 Å². The standard InChI is InChI=1S/C30H31NO6/c1-5-36-23-14-10-20(11-15-23)27-26(28(32)21-12-16-24(17-13-21)37-19(2)3)29(33)30(34)31(27)18-22-8-6-7-9-25(22)35-4/h6-17,19,27,32H,5,18H2,1-4H3/b28-26+. The first-order chi connectivity index (χ1) is 17.8. The number of likely N-dealkylation sites (tertiary alicyclic amines) is 1. The van der Waals surface area contributed by atoms with E-state index < -0.39 is 17.7 Å². The quantitative estimate of drug-likeness (QED) is 0.237. The molecule has 4 rings (SSSR count). The van der Waals surface area contributed by atoms with Gasteiger partial charge in [-0.2, -0.15) is 0 Å². The van der Waals surface area contributed by atoms with Crippen molar-refractivity contribution in [3.63, 3.8) is 0 Å². The number of amides is 1. The van der Waals surface area contributed by atoms with E-state index in [-0.39, 0.29) is 24.0 Å². The van der Waals surface area contributed by atoms with Crippen LogP contribution in [0.5, 0.6) is 17.2 Å². The van der Waals surface area contributed by atoms with Gasteiger partial charge in [0.2, 0.25) is 0 Å². The van der Waals surface area contributed by atoms with Crippen molar-refractivity contribution in [2.24, 2.45) is 0 Å². The summed E-state index contributed by atoms with van der Waals surface area (Å²) in [6.07, 6.45) is -0.000547. The van der Waals surface area contributed by atoms with Crippen molar-refractivity contribution in [3.05, 3.63) is 95.1 Å². The van der Waals surface area contributed by atoms with Crippen LogP contribution in [0.4, 0.5) is 0 Å². The van der Waals surface area contributed by atoms with Crippen molar-refractivity contribution >= 4 is 17.4 Å². The second-order valence-corrected chi connectivity index (χ2v) is 8.93. The SMILES string of the molecule is CCOc1ccc(C2/C(=C(\O)c3ccc(OC(C)C)cc3)C(=O)C(=O)N2Cc2ccccc2OC)cc1. The van der Waals surface area contributed by atoms with Gasteiger partial charge < -0.3 is 24.2 Å². The predicted molar refractivity (Wildman–Crippen MR) is 141 cm³/mol. The number of hydrogen-bond acceptors (Lipinski definition) is 6. The highest BCUT2D eigenvalue weighted by Gasteiger charge is 2.46. The van der Waals surface area contributed by atoms with E-state index in [9.17, 15) is 14.7 Å². The summed E-state index contributed by atoms with van der Waals surface area (Å²) < 4.78 is 16.7. The third-order valence-electron chi connectivity index (χ3n) is 6.08. The number of carbonyl (C=O) groups excluding carboxylic acids is 2. The average molecular weight is 502 g/mol. The summed E-state index contributed by atoms with van der Waals surface area (Å²) in [4.78, 5) is 28.2. The molecule has 0 bridgehead atoms. The van der Waals surface area contributed by atoms with E-state index in [0.29, 0.717) is 35.0 Å². The van der Waals surface area contributed by atoms with Crippen LogP contribution in [0, 0.1) is 0 Å². The summed E-state index contributed by atoms with van der Waals surface area (Å²) in [6, 6.07) is 20.6. The Balaban J connectivity index is 1.80. The first kappa shape index (κ1) is 25.8. The third-order valence-corrected chi connectivity index (χ3v) is 6.08. The molecule has 1 heterocycles. The van der Waals surface area contributed by atoms with Crippen LogP contribution >= 0.6 is 0 Å². The van der Waals surface area contributed by atoms with Crippen LogP contribution in [0.25, 0.3) is 5.76 Å². The fourth-order valence-electron chi connectivity index (χ4n) is 4.44. The zero-order valence-electron chi connectivity index (χ0n) is 21.4. The second-order valence-electron chi connectivity index (χ2n) is 8.93. The van der Waals surface area contributed by atoms with E-state index >= 15 is 0 Å². The lowest BCUT2D eigenvalue weighted by molar-refractivity contribution is -0.140. The van der Waals surface area contributed by atoms with Crippen LogP contribution in [0.1, 0.15) is 43.5 Å².